The summed E-state index contributed by atoms with van der Waals surface area (Å²) in [7, 11) is 1.73. The third-order valence-electron chi connectivity index (χ3n) is 5.05. The molecule has 3 N–H and O–H groups in total. The van der Waals surface area contributed by atoms with Crippen molar-refractivity contribution in [3.05, 3.63) is 28.8 Å². The molecule has 2 aliphatic carbocycles. The van der Waals surface area contributed by atoms with Gasteiger partial charge in [-0.15, -0.1) is 0 Å². The van der Waals surface area contributed by atoms with Crippen molar-refractivity contribution in [2.45, 2.75) is 39.2 Å². The number of fused-ring (bicyclic) bond motifs is 1. The molecule has 3 unspecified atom stereocenters. The summed E-state index contributed by atoms with van der Waals surface area (Å²) in [6.07, 6.45) is 4.13. The van der Waals surface area contributed by atoms with Gasteiger partial charge in [0.25, 0.3) is 0 Å². The molecule has 19 heavy (non-hydrogen) atoms. The van der Waals surface area contributed by atoms with Crippen LogP contribution in [0.3, 0.4) is 0 Å². The van der Waals surface area contributed by atoms with Crippen molar-refractivity contribution in [3.8, 4) is 5.75 Å². The average molecular weight is 260 g/mol. The van der Waals surface area contributed by atoms with Gasteiger partial charge in [-0.3, -0.25) is 11.3 Å². The monoisotopic (exact) mass is 260 g/mol. The van der Waals surface area contributed by atoms with Gasteiger partial charge < -0.3 is 4.74 Å². The van der Waals surface area contributed by atoms with Crippen molar-refractivity contribution >= 4 is 0 Å². The number of nitrogens with one attached hydrogen (secondary N) is 1. The molecule has 0 amide bonds. The van der Waals surface area contributed by atoms with Gasteiger partial charge in [0.05, 0.1) is 7.11 Å². The van der Waals surface area contributed by atoms with E-state index in [1.54, 1.807) is 7.11 Å². The van der Waals surface area contributed by atoms with Gasteiger partial charge in [-0.2, -0.15) is 0 Å². The van der Waals surface area contributed by atoms with Gasteiger partial charge in [0.2, 0.25) is 0 Å². The predicted octanol–water partition coefficient (Wildman–Crippen LogP) is 2.86. The zero-order valence-corrected chi connectivity index (χ0v) is 12.1. The quantitative estimate of drug-likeness (QED) is 0.646. The first kappa shape index (κ1) is 12.9. The van der Waals surface area contributed by atoms with Gasteiger partial charge in [-0.05, 0) is 73.6 Å². The molecular weight excluding hydrogens is 236 g/mol. The first-order valence-electron chi connectivity index (χ1n) is 7.25. The summed E-state index contributed by atoms with van der Waals surface area (Å²) in [4.78, 5) is 0. The van der Waals surface area contributed by atoms with Gasteiger partial charge in [-0.1, -0.05) is 6.07 Å². The Balaban J connectivity index is 1.88. The molecule has 3 nitrogen and oxygen atoms in total. The van der Waals surface area contributed by atoms with Crippen LogP contribution in [0, 0.1) is 31.6 Å². The Morgan fingerprint density at radius 1 is 1.16 bits per heavy atom. The summed E-state index contributed by atoms with van der Waals surface area (Å²) >= 11 is 0. The molecule has 0 bridgehead atoms. The third-order valence-corrected chi connectivity index (χ3v) is 5.05. The van der Waals surface area contributed by atoms with Crippen LogP contribution < -0.4 is 16.0 Å². The number of benzene rings is 1. The summed E-state index contributed by atoms with van der Waals surface area (Å²) in [6.45, 7) is 4.25. The van der Waals surface area contributed by atoms with E-state index in [2.05, 4.69) is 31.4 Å². The van der Waals surface area contributed by atoms with E-state index in [-0.39, 0.29) is 6.04 Å². The van der Waals surface area contributed by atoms with Crippen LogP contribution in [-0.4, -0.2) is 7.11 Å². The molecule has 0 aromatic heterocycles. The molecular formula is C16H24N2O. The summed E-state index contributed by atoms with van der Waals surface area (Å²) in [5.74, 6) is 9.49. The van der Waals surface area contributed by atoms with Gasteiger partial charge in [-0.25, -0.2) is 0 Å². The van der Waals surface area contributed by atoms with Crippen LogP contribution in [0.2, 0.25) is 0 Å². The first-order chi connectivity index (χ1) is 9.13. The molecule has 1 aromatic carbocycles. The number of ether oxygens (including phenoxy) is 1. The Kier molecular flexibility index (Phi) is 3.27. The van der Waals surface area contributed by atoms with Crippen molar-refractivity contribution in [2.75, 3.05) is 7.11 Å². The van der Waals surface area contributed by atoms with Crippen LogP contribution in [0.4, 0.5) is 0 Å². The lowest BCUT2D eigenvalue weighted by molar-refractivity contribution is 0.343. The van der Waals surface area contributed by atoms with Crippen molar-refractivity contribution in [3.63, 3.8) is 0 Å². The zero-order valence-electron chi connectivity index (χ0n) is 12.1. The van der Waals surface area contributed by atoms with E-state index in [1.807, 2.05) is 0 Å². The minimum atomic E-state index is 0.289. The highest BCUT2D eigenvalue weighted by Gasteiger charge is 2.48. The predicted molar refractivity (Wildman–Crippen MR) is 76.9 cm³/mol. The molecule has 3 heteroatoms. The molecule has 2 aliphatic rings. The second-order valence-electron chi connectivity index (χ2n) is 6.31. The third kappa shape index (κ3) is 2.26. The number of hydrazine groups is 1. The molecule has 0 heterocycles. The summed E-state index contributed by atoms with van der Waals surface area (Å²) < 4.78 is 5.39. The number of aryl methyl sites for hydroxylation is 2. The number of rotatable bonds is 4. The Hall–Kier alpha value is -1.06. The van der Waals surface area contributed by atoms with Crippen LogP contribution in [0.25, 0.3) is 0 Å². The fourth-order valence-corrected chi connectivity index (χ4v) is 3.88. The smallest absolute Gasteiger partial charge is 0.122 e. The highest BCUT2D eigenvalue weighted by molar-refractivity contribution is 5.43. The number of hydrogen-bond donors (Lipinski definition) is 2. The molecule has 3 atom stereocenters. The van der Waals surface area contributed by atoms with Crippen LogP contribution in [0.5, 0.6) is 5.75 Å². The van der Waals surface area contributed by atoms with Crippen LogP contribution in [0.15, 0.2) is 12.1 Å². The lowest BCUT2D eigenvalue weighted by Gasteiger charge is -2.26. The Morgan fingerprint density at radius 3 is 2.42 bits per heavy atom. The zero-order chi connectivity index (χ0) is 13.6. The van der Waals surface area contributed by atoms with Crippen molar-refractivity contribution in [2.24, 2.45) is 23.6 Å². The van der Waals surface area contributed by atoms with E-state index in [0.717, 1.165) is 17.6 Å². The van der Waals surface area contributed by atoms with E-state index < -0.39 is 0 Å². The van der Waals surface area contributed by atoms with Crippen LogP contribution in [-0.2, 0) is 0 Å². The summed E-state index contributed by atoms with van der Waals surface area (Å²) in [6, 6.07) is 4.66. The van der Waals surface area contributed by atoms with E-state index in [1.165, 1.54) is 36.0 Å². The first-order valence-corrected chi connectivity index (χ1v) is 7.25. The van der Waals surface area contributed by atoms with Crippen molar-refractivity contribution in [1.29, 1.82) is 0 Å². The van der Waals surface area contributed by atoms with Crippen LogP contribution in [0.1, 0.15) is 42.0 Å². The standard InChI is InChI=1S/C16H24N2O/c1-9-5-15(19-3)10(2)4-14(9)16(18-17)13-7-11-6-12(11)8-13/h4-5,11-13,16,18H,6-8,17H2,1-3H3. The van der Waals surface area contributed by atoms with E-state index in [9.17, 15) is 0 Å². The summed E-state index contributed by atoms with van der Waals surface area (Å²) in [5, 5.41) is 0. The normalized spacial score (nSPS) is 30.0. The fraction of sp³-hybridized carbons (Fsp3) is 0.625. The second kappa shape index (κ2) is 4.80. The lowest BCUT2D eigenvalue weighted by atomic mass is 9.86. The maximum absolute atomic E-state index is 5.85. The molecule has 0 aliphatic heterocycles. The minimum Gasteiger partial charge on any atom is -0.496 e. The molecule has 104 valence electrons. The maximum Gasteiger partial charge on any atom is 0.122 e. The maximum atomic E-state index is 5.85. The Bertz CT molecular complexity index is 476. The lowest BCUT2D eigenvalue weighted by Crippen LogP contribution is -2.33. The van der Waals surface area contributed by atoms with E-state index in [4.69, 9.17) is 10.6 Å². The Morgan fingerprint density at radius 2 is 1.84 bits per heavy atom. The SMILES string of the molecule is COc1cc(C)c(C(NN)C2CC3CC3C2)cc1C. The van der Waals surface area contributed by atoms with E-state index >= 15 is 0 Å². The van der Waals surface area contributed by atoms with E-state index in [0.29, 0.717) is 5.92 Å². The largest absolute Gasteiger partial charge is 0.496 e. The molecule has 0 spiro atoms. The van der Waals surface area contributed by atoms with Crippen molar-refractivity contribution < 1.29 is 4.74 Å². The highest BCUT2D eigenvalue weighted by atomic mass is 16.5. The Labute approximate surface area is 115 Å². The van der Waals surface area contributed by atoms with Gasteiger partial charge in [0.1, 0.15) is 5.75 Å². The summed E-state index contributed by atoms with van der Waals surface area (Å²) in [5.41, 5.74) is 6.86. The molecule has 0 saturated heterocycles. The van der Waals surface area contributed by atoms with Gasteiger partial charge >= 0.3 is 0 Å². The number of nitrogens with two attached hydrogens (primary N) is 1. The van der Waals surface area contributed by atoms with Crippen molar-refractivity contribution in [1.82, 2.24) is 5.43 Å². The minimum absolute atomic E-state index is 0.289. The van der Waals surface area contributed by atoms with Gasteiger partial charge in [0.15, 0.2) is 0 Å². The number of hydrogen-bond acceptors (Lipinski definition) is 3. The molecule has 0 radical (unpaired) electrons. The topological polar surface area (TPSA) is 47.3 Å². The van der Waals surface area contributed by atoms with Gasteiger partial charge in [0, 0.05) is 6.04 Å². The molecule has 1 aromatic rings. The molecule has 3 rings (SSSR count). The number of methoxy groups -OCH3 is 1. The fourth-order valence-electron chi connectivity index (χ4n) is 3.88. The second-order valence-corrected chi connectivity index (χ2v) is 6.31. The molecule has 2 fully saturated rings. The highest BCUT2D eigenvalue weighted by Crippen LogP contribution is 2.57. The molecule has 2 saturated carbocycles. The van der Waals surface area contributed by atoms with Crippen LogP contribution >= 0.6 is 0 Å². The average Bonchev–Trinajstić information content (AvgIpc) is 3.01.